The molecule has 1 fully saturated rings. The fraction of sp³-hybridized carbons (Fsp3) is 0.273. The zero-order chi connectivity index (χ0) is 21.8. The van der Waals surface area contributed by atoms with Gasteiger partial charge in [-0.1, -0.05) is 58.8 Å². The van der Waals surface area contributed by atoms with Gasteiger partial charge in [0.2, 0.25) is 11.0 Å². The minimum atomic E-state index is -0.141. The lowest BCUT2D eigenvalue weighted by molar-refractivity contribution is -0.117. The molecule has 2 amide bonds. The van der Waals surface area contributed by atoms with E-state index in [1.165, 1.54) is 11.3 Å². The van der Waals surface area contributed by atoms with E-state index in [0.29, 0.717) is 41.9 Å². The minimum absolute atomic E-state index is 0.0766. The Hall–Kier alpha value is -2.81. The Labute approximate surface area is 189 Å². The first-order valence-corrected chi connectivity index (χ1v) is 11.2. The van der Waals surface area contributed by atoms with Gasteiger partial charge in [-0.2, -0.15) is 0 Å². The van der Waals surface area contributed by atoms with Crippen molar-refractivity contribution in [3.05, 3.63) is 64.7 Å². The maximum Gasteiger partial charge on any atom is 0.255 e. The number of hydrogen-bond donors (Lipinski definition) is 1. The smallest absolute Gasteiger partial charge is 0.255 e. The second kappa shape index (κ2) is 9.55. The maximum absolute atomic E-state index is 12.7. The number of anilines is 1. The van der Waals surface area contributed by atoms with E-state index in [9.17, 15) is 9.59 Å². The number of hydrogen-bond acceptors (Lipinski definition) is 6. The fourth-order valence-corrected chi connectivity index (χ4v) is 4.42. The molecule has 160 valence electrons. The number of carbonyl (C=O) groups excluding carboxylic acids is 2. The number of aromatic nitrogens is 2. The van der Waals surface area contributed by atoms with Crippen LogP contribution in [0.25, 0.3) is 10.6 Å². The number of amides is 2. The predicted molar refractivity (Wildman–Crippen MR) is 123 cm³/mol. The van der Waals surface area contributed by atoms with Crippen LogP contribution in [0.1, 0.15) is 15.9 Å². The molecular weight excluding hydrogens is 434 g/mol. The standard InChI is InChI=1S/C22H22ClN5O2S/c1-15-5-4-6-16(13-15)20-25-26-22(31-20)24-19(29)14-27-9-11-28(12-10-27)21(30)17-7-2-3-8-18(17)23/h2-8,13H,9-12,14H2,1H3,(H,24,26,29). The molecule has 7 nitrogen and oxygen atoms in total. The van der Waals surface area contributed by atoms with E-state index in [1.54, 1.807) is 29.2 Å². The molecule has 0 radical (unpaired) electrons. The van der Waals surface area contributed by atoms with E-state index in [-0.39, 0.29) is 18.4 Å². The lowest BCUT2D eigenvalue weighted by atomic mass is 10.1. The van der Waals surface area contributed by atoms with Gasteiger partial charge in [-0.25, -0.2) is 0 Å². The third-order valence-electron chi connectivity index (χ3n) is 5.07. The van der Waals surface area contributed by atoms with Crippen molar-refractivity contribution in [3.8, 4) is 10.6 Å². The zero-order valence-electron chi connectivity index (χ0n) is 17.0. The summed E-state index contributed by atoms with van der Waals surface area (Å²) >= 11 is 7.49. The summed E-state index contributed by atoms with van der Waals surface area (Å²) < 4.78 is 0. The summed E-state index contributed by atoms with van der Waals surface area (Å²) in [7, 11) is 0. The molecule has 0 saturated carbocycles. The lowest BCUT2D eigenvalue weighted by Crippen LogP contribution is -2.50. The average molecular weight is 456 g/mol. The molecule has 4 rings (SSSR count). The third kappa shape index (κ3) is 5.28. The second-order valence-electron chi connectivity index (χ2n) is 7.38. The van der Waals surface area contributed by atoms with Crippen LogP contribution in [0.3, 0.4) is 0 Å². The van der Waals surface area contributed by atoms with Crippen LogP contribution in [-0.4, -0.2) is 64.5 Å². The molecule has 1 aliphatic heterocycles. The van der Waals surface area contributed by atoms with Gasteiger partial charge in [-0.05, 0) is 25.1 Å². The average Bonchev–Trinajstić information content (AvgIpc) is 3.22. The first-order valence-electron chi connectivity index (χ1n) is 9.96. The number of halogens is 1. The summed E-state index contributed by atoms with van der Waals surface area (Å²) in [6, 6.07) is 15.1. The first kappa shape index (κ1) is 21.4. The fourth-order valence-electron chi connectivity index (χ4n) is 3.44. The summed E-state index contributed by atoms with van der Waals surface area (Å²) in [5.41, 5.74) is 2.64. The van der Waals surface area contributed by atoms with E-state index in [0.717, 1.165) is 16.1 Å². The molecular formula is C22H22ClN5O2S. The molecule has 2 heterocycles. The molecule has 0 unspecified atom stereocenters. The molecule has 0 atom stereocenters. The van der Waals surface area contributed by atoms with Crippen molar-refractivity contribution in [3.63, 3.8) is 0 Å². The molecule has 1 aliphatic rings. The van der Waals surface area contributed by atoms with Crippen molar-refractivity contribution in [1.29, 1.82) is 0 Å². The second-order valence-corrected chi connectivity index (χ2v) is 8.76. The monoisotopic (exact) mass is 455 g/mol. The number of piperazine rings is 1. The summed E-state index contributed by atoms with van der Waals surface area (Å²) in [6.45, 7) is 4.60. The van der Waals surface area contributed by atoms with Gasteiger partial charge in [0.15, 0.2) is 0 Å². The molecule has 3 aromatic rings. The van der Waals surface area contributed by atoms with Gasteiger partial charge in [0.25, 0.3) is 5.91 Å². The summed E-state index contributed by atoms with van der Waals surface area (Å²) in [5.74, 6) is -0.218. The van der Waals surface area contributed by atoms with Gasteiger partial charge in [-0.15, -0.1) is 10.2 Å². The molecule has 0 bridgehead atoms. The van der Waals surface area contributed by atoms with Gasteiger partial charge in [0.05, 0.1) is 17.1 Å². The van der Waals surface area contributed by atoms with Crippen LogP contribution in [0.5, 0.6) is 0 Å². The van der Waals surface area contributed by atoms with Crippen molar-refractivity contribution >= 4 is 39.9 Å². The van der Waals surface area contributed by atoms with Gasteiger partial charge in [-0.3, -0.25) is 19.8 Å². The van der Waals surface area contributed by atoms with Crippen molar-refractivity contribution in [2.75, 3.05) is 38.0 Å². The van der Waals surface area contributed by atoms with Crippen LogP contribution < -0.4 is 5.32 Å². The van der Waals surface area contributed by atoms with Crippen LogP contribution in [-0.2, 0) is 4.79 Å². The van der Waals surface area contributed by atoms with Gasteiger partial charge < -0.3 is 4.90 Å². The number of rotatable bonds is 5. The topological polar surface area (TPSA) is 78.4 Å². The predicted octanol–water partition coefficient (Wildman–Crippen LogP) is 3.56. The quantitative estimate of drug-likeness (QED) is 0.636. The molecule has 1 N–H and O–H groups in total. The Morgan fingerprint density at radius 2 is 1.84 bits per heavy atom. The summed E-state index contributed by atoms with van der Waals surface area (Å²) in [5, 5.41) is 12.8. The van der Waals surface area contributed by atoms with Crippen LogP contribution in [0.4, 0.5) is 5.13 Å². The molecule has 9 heteroatoms. The Kier molecular flexibility index (Phi) is 6.60. The minimum Gasteiger partial charge on any atom is -0.336 e. The molecule has 2 aromatic carbocycles. The summed E-state index contributed by atoms with van der Waals surface area (Å²) in [4.78, 5) is 28.9. The van der Waals surface area contributed by atoms with Crippen molar-refractivity contribution in [1.82, 2.24) is 20.0 Å². The Morgan fingerprint density at radius 3 is 2.58 bits per heavy atom. The van der Waals surface area contributed by atoms with E-state index < -0.39 is 0 Å². The molecule has 0 aliphatic carbocycles. The Balaban J connectivity index is 1.28. The van der Waals surface area contributed by atoms with Gasteiger partial charge in [0, 0.05) is 31.7 Å². The highest BCUT2D eigenvalue weighted by molar-refractivity contribution is 7.18. The van der Waals surface area contributed by atoms with E-state index in [2.05, 4.69) is 15.5 Å². The van der Waals surface area contributed by atoms with Gasteiger partial charge in [0.1, 0.15) is 5.01 Å². The summed E-state index contributed by atoms with van der Waals surface area (Å²) in [6.07, 6.45) is 0. The first-order chi connectivity index (χ1) is 15.0. The molecule has 0 spiro atoms. The SMILES string of the molecule is Cc1cccc(-c2nnc(NC(=O)CN3CCN(C(=O)c4ccccc4Cl)CC3)s2)c1. The molecule has 1 saturated heterocycles. The number of benzene rings is 2. The van der Waals surface area contributed by atoms with Crippen molar-refractivity contribution in [2.24, 2.45) is 0 Å². The van der Waals surface area contributed by atoms with E-state index in [4.69, 9.17) is 11.6 Å². The van der Waals surface area contributed by atoms with Gasteiger partial charge >= 0.3 is 0 Å². The molecule has 1 aromatic heterocycles. The largest absolute Gasteiger partial charge is 0.336 e. The number of nitrogens with one attached hydrogen (secondary N) is 1. The maximum atomic E-state index is 12.7. The highest BCUT2D eigenvalue weighted by atomic mass is 35.5. The van der Waals surface area contributed by atoms with E-state index >= 15 is 0 Å². The zero-order valence-corrected chi connectivity index (χ0v) is 18.6. The Morgan fingerprint density at radius 1 is 1.06 bits per heavy atom. The van der Waals surface area contributed by atoms with Crippen LogP contribution in [0, 0.1) is 6.92 Å². The number of carbonyl (C=O) groups is 2. The lowest BCUT2D eigenvalue weighted by Gasteiger charge is -2.34. The number of aryl methyl sites for hydroxylation is 1. The molecule has 31 heavy (non-hydrogen) atoms. The third-order valence-corrected chi connectivity index (χ3v) is 6.28. The normalized spacial score (nSPS) is 14.5. The van der Waals surface area contributed by atoms with Crippen LogP contribution >= 0.6 is 22.9 Å². The highest BCUT2D eigenvalue weighted by Crippen LogP contribution is 2.26. The highest BCUT2D eigenvalue weighted by Gasteiger charge is 2.24. The van der Waals surface area contributed by atoms with Crippen LogP contribution in [0.15, 0.2) is 48.5 Å². The van der Waals surface area contributed by atoms with E-state index in [1.807, 2.05) is 36.1 Å². The van der Waals surface area contributed by atoms with Crippen LogP contribution in [0.2, 0.25) is 5.02 Å². The Bertz CT molecular complexity index is 1090. The van der Waals surface area contributed by atoms with Crippen molar-refractivity contribution < 1.29 is 9.59 Å². The number of nitrogens with zero attached hydrogens (tertiary/aromatic N) is 4. The van der Waals surface area contributed by atoms with Crippen molar-refractivity contribution in [2.45, 2.75) is 6.92 Å².